The van der Waals surface area contributed by atoms with E-state index in [2.05, 4.69) is 26.0 Å². The molecule has 18 heavy (non-hydrogen) atoms. The fourth-order valence-electron chi connectivity index (χ4n) is 1.84. The Labute approximate surface area is 113 Å². The van der Waals surface area contributed by atoms with Gasteiger partial charge in [-0.2, -0.15) is 5.10 Å². The molecule has 0 radical (unpaired) electrons. The number of aromatic nitrogens is 3. The molecule has 0 bridgehead atoms. The van der Waals surface area contributed by atoms with Gasteiger partial charge in [-0.05, 0) is 48.3 Å². The molecule has 2 aromatic heterocycles. The first kappa shape index (κ1) is 12.8. The molecule has 1 amide bonds. The Kier molecular flexibility index (Phi) is 3.21. The number of nitrogens with zero attached hydrogens (tertiary/aromatic N) is 3. The van der Waals surface area contributed by atoms with E-state index in [1.54, 1.807) is 16.9 Å². The predicted octanol–water partition coefficient (Wildman–Crippen LogP) is 2.05. The molecular formula is C12H13BrN4O. The zero-order chi connectivity index (χ0) is 13.4. The van der Waals surface area contributed by atoms with Crippen LogP contribution in [0.4, 0.5) is 0 Å². The van der Waals surface area contributed by atoms with Gasteiger partial charge in [0.25, 0.3) is 5.91 Å². The molecule has 0 aliphatic rings. The zero-order valence-electron chi connectivity index (χ0n) is 10.4. The number of rotatable bonds is 2. The molecular weight excluding hydrogens is 296 g/mol. The van der Waals surface area contributed by atoms with Crippen LogP contribution in [-0.4, -0.2) is 20.7 Å². The molecule has 0 aliphatic carbocycles. The topological polar surface area (TPSA) is 73.8 Å². The number of carbonyl (C=O) groups excluding carboxylic acids is 1. The van der Waals surface area contributed by atoms with E-state index >= 15 is 0 Å². The van der Waals surface area contributed by atoms with Crippen LogP contribution in [0.25, 0.3) is 5.82 Å². The van der Waals surface area contributed by atoms with Crippen LogP contribution in [0.5, 0.6) is 0 Å². The lowest BCUT2D eigenvalue weighted by atomic mass is 10.1. The van der Waals surface area contributed by atoms with Gasteiger partial charge in [0, 0.05) is 6.20 Å². The first-order chi connectivity index (χ1) is 8.43. The number of nitrogens with two attached hydrogens (primary N) is 1. The summed E-state index contributed by atoms with van der Waals surface area (Å²) in [4.78, 5) is 15.8. The van der Waals surface area contributed by atoms with Crippen molar-refractivity contribution in [2.45, 2.75) is 20.8 Å². The minimum atomic E-state index is -0.501. The second kappa shape index (κ2) is 4.53. The molecule has 0 saturated heterocycles. The predicted molar refractivity (Wildman–Crippen MR) is 71.8 cm³/mol. The molecule has 0 aromatic carbocycles. The van der Waals surface area contributed by atoms with Gasteiger partial charge >= 0.3 is 0 Å². The van der Waals surface area contributed by atoms with E-state index in [4.69, 9.17) is 5.73 Å². The van der Waals surface area contributed by atoms with E-state index in [-0.39, 0.29) is 0 Å². The molecule has 0 spiro atoms. The van der Waals surface area contributed by atoms with E-state index in [0.717, 1.165) is 21.4 Å². The number of hydrogen-bond acceptors (Lipinski definition) is 3. The molecule has 0 unspecified atom stereocenters. The molecule has 2 aromatic rings. The number of pyridine rings is 1. The van der Waals surface area contributed by atoms with E-state index in [1.165, 1.54) is 0 Å². The van der Waals surface area contributed by atoms with Crippen molar-refractivity contribution in [1.82, 2.24) is 14.8 Å². The maximum atomic E-state index is 11.5. The third-order valence-electron chi connectivity index (χ3n) is 2.79. The monoisotopic (exact) mass is 308 g/mol. The van der Waals surface area contributed by atoms with Gasteiger partial charge in [-0.15, -0.1) is 0 Å². The lowest BCUT2D eigenvalue weighted by Crippen LogP contribution is -2.18. The fourth-order valence-corrected chi connectivity index (χ4v) is 2.09. The van der Waals surface area contributed by atoms with E-state index in [0.29, 0.717) is 11.4 Å². The number of hydrogen-bond donors (Lipinski definition) is 1. The third kappa shape index (κ3) is 1.92. The van der Waals surface area contributed by atoms with Crippen LogP contribution >= 0.6 is 15.9 Å². The van der Waals surface area contributed by atoms with Crippen LogP contribution in [-0.2, 0) is 0 Å². The van der Waals surface area contributed by atoms with Gasteiger partial charge in [0.2, 0.25) is 0 Å². The number of amides is 1. The summed E-state index contributed by atoms with van der Waals surface area (Å²) in [5.74, 6) is -0.0342. The van der Waals surface area contributed by atoms with Crippen molar-refractivity contribution in [1.29, 1.82) is 0 Å². The maximum absolute atomic E-state index is 11.5. The Morgan fingerprint density at radius 2 is 2.06 bits per heavy atom. The molecule has 6 heteroatoms. The first-order valence-electron chi connectivity index (χ1n) is 5.41. The number of carbonyl (C=O) groups is 1. The highest BCUT2D eigenvalue weighted by molar-refractivity contribution is 9.10. The second-order valence-electron chi connectivity index (χ2n) is 4.09. The SMILES string of the molecule is Cc1ccnc(-n2nc(C)c(Br)c2C)c1C(N)=O. The first-order valence-corrected chi connectivity index (χ1v) is 6.20. The number of aryl methyl sites for hydroxylation is 2. The van der Waals surface area contributed by atoms with Gasteiger partial charge in [0.15, 0.2) is 5.82 Å². The second-order valence-corrected chi connectivity index (χ2v) is 4.88. The quantitative estimate of drug-likeness (QED) is 0.922. The van der Waals surface area contributed by atoms with Gasteiger partial charge in [-0.3, -0.25) is 4.79 Å². The lowest BCUT2D eigenvalue weighted by molar-refractivity contribution is 0.0999. The van der Waals surface area contributed by atoms with Gasteiger partial charge in [0.05, 0.1) is 21.4 Å². The molecule has 0 aliphatic heterocycles. The average Bonchev–Trinajstić information content (AvgIpc) is 2.56. The number of halogens is 1. The van der Waals surface area contributed by atoms with Crippen LogP contribution in [0, 0.1) is 20.8 Å². The molecule has 0 fully saturated rings. The molecule has 5 nitrogen and oxygen atoms in total. The molecule has 94 valence electrons. The zero-order valence-corrected chi connectivity index (χ0v) is 11.9. The van der Waals surface area contributed by atoms with Crippen LogP contribution in [0.1, 0.15) is 27.3 Å². The van der Waals surface area contributed by atoms with E-state index in [1.807, 2.05) is 20.8 Å². The van der Waals surface area contributed by atoms with Gasteiger partial charge in [-0.1, -0.05) is 0 Å². The lowest BCUT2D eigenvalue weighted by Gasteiger charge is -2.09. The summed E-state index contributed by atoms with van der Waals surface area (Å²) in [5.41, 5.74) is 8.32. The van der Waals surface area contributed by atoms with Gasteiger partial charge < -0.3 is 5.73 Å². The molecule has 0 atom stereocenters. The van der Waals surface area contributed by atoms with Crippen molar-refractivity contribution in [3.8, 4) is 5.82 Å². The van der Waals surface area contributed by atoms with Gasteiger partial charge in [-0.25, -0.2) is 9.67 Å². The standard InChI is InChI=1S/C12H13BrN4O/c1-6-4-5-15-12(9(6)11(14)18)17-8(3)10(13)7(2)16-17/h4-5H,1-3H3,(H2,14,18). The van der Waals surface area contributed by atoms with Crippen LogP contribution < -0.4 is 5.73 Å². The molecule has 2 rings (SSSR count). The highest BCUT2D eigenvalue weighted by Crippen LogP contribution is 2.24. The van der Waals surface area contributed by atoms with Crippen molar-refractivity contribution in [3.05, 3.63) is 39.3 Å². The fraction of sp³-hybridized carbons (Fsp3) is 0.250. The smallest absolute Gasteiger partial charge is 0.252 e. The van der Waals surface area contributed by atoms with Crippen molar-refractivity contribution >= 4 is 21.8 Å². The van der Waals surface area contributed by atoms with E-state index in [9.17, 15) is 4.79 Å². The molecule has 0 saturated carbocycles. The van der Waals surface area contributed by atoms with Crippen molar-refractivity contribution < 1.29 is 4.79 Å². The summed E-state index contributed by atoms with van der Waals surface area (Å²) < 4.78 is 2.54. The summed E-state index contributed by atoms with van der Waals surface area (Å²) in [5, 5.41) is 4.36. The normalized spacial score (nSPS) is 10.7. The van der Waals surface area contributed by atoms with E-state index < -0.39 is 5.91 Å². The van der Waals surface area contributed by atoms with Crippen LogP contribution in [0.3, 0.4) is 0 Å². The Bertz CT molecular complexity index is 633. The summed E-state index contributed by atoms with van der Waals surface area (Å²) in [6.07, 6.45) is 1.64. The van der Waals surface area contributed by atoms with Crippen molar-refractivity contribution in [2.24, 2.45) is 5.73 Å². The van der Waals surface area contributed by atoms with Crippen molar-refractivity contribution in [3.63, 3.8) is 0 Å². The summed E-state index contributed by atoms with van der Waals surface area (Å²) in [7, 11) is 0. The highest BCUT2D eigenvalue weighted by atomic mass is 79.9. The molecule has 2 heterocycles. The van der Waals surface area contributed by atoms with Crippen LogP contribution in [0.2, 0.25) is 0 Å². The highest BCUT2D eigenvalue weighted by Gasteiger charge is 2.18. The minimum Gasteiger partial charge on any atom is -0.365 e. The Balaban J connectivity index is 2.75. The maximum Gasteiger partial charge on any atom is 0.252 e. The van der Waals surface area contributed by atoms with Gasteiger partial charge in [0.1, 0.15) is 0 Å². The molecule has 2 N–H and O–H groups in total. The Morgan fingerprint density at radius 1 is 1.39 bits per heavy atom. The largest absolute Gasteiger partial charge is 0.365 e. The third-order valence-corrected chi connectivity index (χ3v) is 3.94. The van der Waals surface area contributed by atoms with Crippen molar-refractivity contribution in [2.75, 3.05) is 0 Å². The summed E-state index contributed by atoms with van der Waals surface area (Å²) >= 11 is 3.45. The summed E-state index contributed by atoms with van der Waals surface area (Å²) in [6.45, 7) is 5.61. The summed E-state index contributed by atoms with van der Waals surface area (Å²) in [6, 6.07) is 1.75. The minimum absolute atomic E-state index is 0.399. The number of primary amides is 1. The average molecular weight is 309 g/mol. The Morgan fingerprint density at radius 3 is 2.56 bits per heavy atom. The van der Waals surface area contributed by atoms with Crippen LogP contribution in [0.15, 0.2) is 16.7 Å². The Hall–Kier alpha value is -1.69.